The minimum absolute atomic E-state index is 0.0173. The van der Waals surface area contributed by atoms with Gasteiger partial charge in [0, 0.05) is 13.2 Å². The molecule has 4 rings (SSSR count). The Bertz CT molecular complexity index is 964. The Kier molecular flexibility index (Phi) is 7.18. The van der Waals surface area contributed by atoms with Crippen LogP contribution in [0.25, 0.3) is 0 Å². The van der Waals surface area contributed by atoms with Gasteiger partial charge in [0.15, 0.2) is 0 Å². The van der Waals surface area contributed by atoms with Crippen LogP contribution in [0, 0.1) is 5.41 Å². The van der Waals surface area contributed by atoms with Gasteiger partial charge < -0.3 is 10.1 Å². The van der Waals surface area contributed by atoms with E-state index in [0.717, 1.165) is 44.9 Å². The van der Waals surface area contributed by atoms with E-state index in [0.29, 0.717) is 12.5 Å². The summed E-state index contributed by atoms with van der Waals surface area (Å²) >= 11 is 0. The van der Waals surface area contributed by atoms with Crippen LogP contribution in [0.2, 0.25) is 0 Å². The van der Waals surface area contributed by atoms with Crippen molar-refractivity contribution in [1.82, 2.24) is 10.2 Å². The minimum atomic E-state index is -0.305. The van der Waals surface area contributed by atoms with E-state index in [4.69, 9.17) is 4.74 Å². The summed E-state index contributed by atoms with van der Waals surface area (Å²) in [6.07, 6.45) is 7.86. The van der Waals surface area contributed by atoms with Crippen molar-refractivity contribution < 1.29 is 14.3 Å². The summed E-state index contributed by atoms with van der Waals surface area (Å²) in [6, 6.07) is 16.8. The summed E-state index contributed by atoms with van der Waals surface area (Å²) in [5, 5.41) is 3.28. The lowest BCUT2D eigenvalue weighted by molar-refractivity contribution is -0.116. The number of fused-ring (bicyclic) bond motifs is 1. The number of hydrogen-bond donors (Lipinski definition) is 1. The second-order valence-electron chi connectivity index (χ2n) is 9.98. The molecule has 2 aliphatic rings. The van der Waals surface area contributed by atoms with Gasteiger partial charge in [0.25, 0.3) is 0 Å². The van der Waals surface area contributed by atoms with Crippen LogP contribution < -0.4 is 5.32 Å². The Balaban J connectivity index is 1.60. The maximum Gasteiger partial charge on any atom is 0.324 e. The molecule has 2 aromatic carbocycles. The lowest BCUT2D eigenvalue weighted by Crippen LogP contribution is -2.48. The smallest absolute Gasteiger partial charge is 0.324 e. The third-order valence-electron chi connectivity index (χ3n) is 7.66. The van der Waals surface area contributed by atoms with Crippen molar-refractivity contribution in [2.24, 2.45) is 5.41 Å². The third kappa shape index (κ3) is 4.98. The molecule has 0 saturated heterocycles. The van der Waals surface area contributed by atoms with Gasteiger partial charge in [0.2, 0.25) is 6.41 Å². The van der Waals surface area contributed by atoms with Crippen LogP contribution >= 0.6 is 0 Å². The second-order valence-corrected chi connectivity index (χ2v) is 9.98. The Morgan fingerprint density at radius 3 is 2.45 bits per heavy atom. The number of rotatable bonds is 7. The van der Waals surface area contributed by atoms with E-state index in [1.807, 2.05) is 19.9 Å². The highest BCUT2D eigenvalue weighted by Crippen LogP contribution is 2.54. The number of nitrogens with zero attached hydrogens (tertiary/aromatic N) is 1. The number of urea groups is 1. The lowest BCUT2D eigenvalue weighted by Gasteiger charge is -2.42. The van der Waals surface area contributed by atoms with Crippen molar-refractivity contribution >= 4 is 12.4 Å². The van der Waals surface area contributed by atoms with Crippen molar-refractivity contribution in [1.29, 1.82) is 0 Å². The second kappa shape index (κ2) is 10.1. The molecule has 1 N–H and O–H groups in total. The molecule has 1 saturated carbocycles. The molecule has 2 aromatic rings. The highest BCUT2D eigenvalue weighted by molar-refractivity contribution is 5.85. The first-order valence-corrected chi connectivity index (χ1v) is 12.2. The first kappa shape index (κ1) is 23.5. The number of carbonyl (C=O) groups excluding carboxylic acids is 2. The van der Waals surface area contributed by atoms with Crippen LogP contribution in [0.4, 0.5) is 4.79 Å². The summed E-state index contributed by atoms with van der Waals surface area (Å²) in [5.41, 5.74) is 5.14. The number of carbonyl (C=O) groups is 2. The minimum Gasteiger partial charge on any atom is -0.381 e. The SMILES string of the molecule is COC1CCC2(CC1)Cc1ccc(CCc3ccccc3)cc1C2NC(=O)N(C=O)C(C)C. The summed E-state index contributed by atoms with van der Waals surface area (Å²) < 4.78 is 5.63. The monoisotopic (exact) mass is 448 g/mol. The van der Waals surface area contributed by atoms with Gasteiger partial charge in [-0.05, 0) is 86.5 Å². The molecule has 1 fully saturated rings. The molecule has 176 valence electrons. The fourth-order valence-corrected chi connectivity index (χ4v) is 5.67. The molecular weight excluding hydrogens is 412 g/mol. The molecule has 0 bridgehead atoms. The van der Waals surface area contributed by atoms with Gasteiger partial charge in [-0.15, -0.1) is 0 Å². The van der Waals surface area contributed by atoms with Crippen molar-refractivity contribution in [2.45, 2.75) is 77.0 Å². The van der Waals surface area contributed by atoms with E-state index in [-0.39, 0.29) is 23.5 Å². The first-order valence-electron chi connectivity index (χ1n) is 12.2. The molecule has 0 heterocycles. The number of amides is 3. The molecule has 2 aliphatic carbocycles. The molecule has 33 heavy (non-hydrogen) atoms. The van der Waals surface area contributed by atoms with Gasteiger partial charge in [-0.2, -0.15) is 0 Å². The fraction of sp³-hybridized carbons (Fsp3) is 0.500. The maximum atomic E-state index is 13.1. The average molecular weight is 449 g/mol. The maximum absolute atomic E-state index is 13.1. The molecule has 1 atom stereocenters. The van der Waals surface area contributed by atoms with Crippen molar-refractivity contribution in [3.05, 3.63) is 70.8 Å². The summed E-state index contributed by atoms with van der Waals surface area (Å²) in [7, 11) is 1.79. The number of nitrogens with one attached hydrogen (secondary N) is 1. The zero-order chi connectivity index (χ0) is 23.4. The Hall–Kier alpha value is -2.66. The van der Waals surface area contributed by atoms with Gasteiger partial charge in [-0.25, -0.2) is 4.79 Å². The molecule has 1 spiro atoms. The predicted molar refractivity (Wildman–Crippen MR) is 130 cm³/mol. The number of imide groups is 1. The van der Waals surface area contributed by atoms with Crippen LogP contribution in [0.5, 0.6) is 0 Å². The highest BCUT2D eigenvalue weighted by Gasteiger charge is 2.49. The molecule has 0 aliphatic heterocycles. The molecule has 0 radical (unpaired) electrons. The van der Waals surface area contributed by atoms with Gasteiger partial charge in [-0.1, -0.05) is 48.5 Å². The van der Waals surface area contributed by atoms with E-state index < -0.39 is 0 Å². The largest absolute Gasteiger partial charge is 0.381 e. The zero-order valence-electron chi connectivity index (χ0n) is 20.0. The third-order valence-corrected chi connectivity index (χ3v) is 7.66. The van der Waals surface area contributed by atoms with E-state index in [9.17, 15) is 9.59 Å². The fourth-order valence-electron chi connectivity index (χ4n) is 5.67. The summed E-state index contributed by atoms with van der Waals surface area (Å²) in [5.74, 6) is 0. The molecule has 0 aromatic heterocycles. The zero-order valence-corrected chi connectivity index (χ0v) is 20.0. The van der Waals surface area contributed by atoms with Crippen LogP contribution in [0.15, 0.2) is 48.5 Å². The van der Waals surface area contributed by atoms with Crippen molar-refractivity contribution in [3.8, 4) is 0 Å². The topological polar surface area (TPSA) is 58.6 Å². The van der Waals surface area contributed by atoms with Gasteiger partial charge in [0.1, 0.15) is 0 Å². The quantitative estimate of drug-likeness (QED) is 0.591. The number of ether oxygens (including phenoxy) is 1. The Labute approximate surface area is 197 Å². The molecular formula is C28H36N2O3. The van der Waals surface area contributed by atoms with Crippen LogP contribution in [-0.4, -0.2) is 36.6 Å². The van der Waals surface area contributed by atoms with Crippen LogP contribution in [0.1, 0.15) is 67.8 Å². The number of hydrogen-bond acceptors (Lipinski definition) is 3. The highest BCUT2D eigenvalue weighted by atomic mass is 16.5. The molecule has 3 amide bonds. The van der Waals surface area contributed by atoms with Gasteiger partial charge in [-0.3, -0.25) is 9.69 Å². The van der Waals surface area contributed by atoms with Gasteiger partial charge in [0.05, 0.1) is 12.1 Å². The standard InChI is InChI=1S/C28H36N2O3/c1-20(2)30(19-31)27(32)29-26-25-17-22(10-9-21-7-5-4-6-8-21)11-12-23(25)18-28(26)15-13-24(33-3)14-16-28/h4-8,11-12,17,19-20,24,26H,9-10,13-16,18H2,1-3H3,(H,29,32). The summed E-state index contributed by atoms with van der Waals surface area (Å²) in [4.78, 5) is 25.9. The van der Waals surface area contributed by atoms with Crippen LogP contribution in [0.3, 0.4) is 0 Å². The van der Waals surface area contributed by atoms with E-state index in [1.54, 1.807) is 7.11 Å². The number of aryl methyl sites for hydroxylation is 2. The van der Waals surface area contributed by atoms with Gasteiger partial charge >= 0.3 is 6.03 Å². The average Bonchev–Trinajstić information content (AvgIpc) is 3.11. The van der Waals surface area contributed by atoms with E-state index >= 15 is 0 Å². The summed E-state index contributed by atoms with van der Waals surface area (Å²) in [6.45, 7) is 3.72. The number of benzene rings is 2. The lowest BCUT2D eigenvalue weighted by atomic mass is 9.68. The number of methoxy groups -OCH3 is 1. The predicted octanol–water partition coefficient (Wildman–Crippen LogP) is 5.22. The van der Waals surface area contributed by atoms with Crippen LogP contribution in [-0.2, 0) is 28.8 Å². The molecule has 5 heteroatoms. The Morgan fingerprint density at radius 1 is 1.12 bits per heavy atom. The molecule has 5 nitrogen and oxygen atoms in total. The molecule has 1 unspecified atom stereocenters. The van der Waals surface area contributed by atoms with Crippen molar-refractivity contribution in [2.75, 3.05) is 7.11 Å². The van der Waals surface area contributed by atoms with E-state index in [1.165, 1.54) is 27.2 Å². The van der Waals surface area contributed by atoms with Crippen molar-refractivity contribution in [3.63, 3.8) is 0 Å². The Morgan fingerprint density at radius 2 is 1.82 bits per heavy atom. The van der Waals surface area contributed by atoms with E-state index in [2.05, 4.69) is 47.8 Å². The first-order chi connectivity index (χ1) is 16.0. The normalized spacial score (nSPS) is 24.0.